The molecule has 1 fully saturated rings. The summed E-state index contributed by atoms with van der Waals surface area (Å²) in [5.74, 6) is 0.224. The highest BCUT2D eigenvalue weighted by molar-refractivity contribution is 9.10. The monoisotopic (exact) mass is 369 g/mol. The van der Waals surface area contributed by atoms with E-state index in [0.29, 0.717) is 24.4 Å². The Morgan fingerprint density at radius 3 is 2.68 bits per heavy atom. The Morgan fingerprint density at radius 1 is 1.36 bits per heavy atom. The van der Waals surface area contributed by atoms with Gasteiger partial charge in [0.25, 0.3) is 5.91 Å². The van der Waals surface area contributed by atoms with Gasteiger partial charge in [-0.25, -0.2) is 0 Å². The van der Waals surface area contributed by atoms with Crippen LogP contribution in [0.15, 0.2) is 22.7 Å². The maximum Gasteiger partial charge on any atom is 0.257 e. The third-order valence-corrected chi connectivity index (χ3v) is 4.08. The number of nitrogens with zero attached hydrogens (tertiary/aromatic N) is 2. The molecule has 1 aliphatic rings. The average molecular weight is 370 g/mol. The molecule has 120 valence electrons. The SMILES string of the molecule is COc1cc(Br)ccc1C(=O)N(C)CC(=O)N1CCNCC1. The lowest BCUT2D eigenvalue weighted by Gasteiger charge is -2.29. The molecule has 1 saturated heterocycles. The summed E-state index contributed by atoms with van der Waals surface area (Å²) in [6.45, 7) is 3.02. The number of benzene rings is 1. The summed E-state index contributed by atoms with van der Waals surface area (Å²) in [4.78, 5) is 27.9. The predicted molar refractivity (Wildman–Crippen MR) is 87.1 cm³/mol. The number of rotatable bonds is 4. The first-order chi connectivity index (χ1) is 10.5. The van der Waals surface area contributed by atoms with Crippen LogP contribution in [0.5, 0.6) is 5.75 Å². The molecule has 1 aromatic rings. The van der Waals surface area contributed by atoms with Gasteiger partial charge in [-0.05, 0) is 18.2 Å². The summed E-state index contributed by atoms with van der Waals surface area (Å²) in [5.41, 5.74) is 0.446. The van der Waals surface area contributed by atoms with Crippen LogP contribution in [-0.2, 0) is 4.79 Å². The lowest BCUT2D eigenvalue weighted by atomic mass is 10.1. The van der Waals surface area contributed by atoms with Crippen molar-refractivity contribution in [1.29, 1.82) is 0 Å². The van der Waals surface area contributed by atoms with Crippen molar-refractivity contribution in [3.8, 4) is 5.75 Å². The van der Waals surface area contributed by atoms with Crippen molar-refractivity contribution < 1.29 is 14.3 Å². The maximum absolute atomic E-state index is 12.5. The minimum Gasteiger partial charge on any atom is -0.496 e. The van der Waals surface area contributed by atoms with Gasteiger partial charge in [0.1, 0.15) is 5.75 Å². The second-order valence-electron chi connectivity index (χ2n) is 5.14. The van der Waals surface area contributed by atoms with Gasteiger partial charge in [-0.1, -0.05) is 15.9 Å². The minimum absolute atomic E-state index is 0.0339. The molecule has 0 unspecified atom stereocenters. The largest absolute Gasteiger partial charge is 0.496 e. The molecule has 7 heteroatoms. The van der Waals surface area contributed by atoms with Gasteiger partial charge in [0.15, 0.2) is 0 Å². The third kappa shape index (κ3) is 3.98. The number of ether oxygens (including phenoxy) is 1. The third-order valence-electron chi connectivity index (χ3n) is 3.58. The molecule has 1 aromatic carbocycles. The number of carbonyl (C=O) groups excluding carboxylic acids is 2. The number of nitrogens with one attached hydrogen (secondary N) is 1. The van der Waals surface area contributed by atoms with Crippen LogP contribution in [0.1, 0.15) is 10.4 Å². The van der Waals surface area contributed by atoms with Crippen LogP contribution in [0.4, 0.5) is 0 Å². The number of piperazine rings is 1. The van der Waals surface area contributed by atoms with E-state index in [4.69, 9.17) is 4.74 Å². The fraction of sp³-hybridized carbons (Fsp3) is 0.467. The highest BCUT2D eigenvalue weighted by atomic mass is 79.9. The number of hydrogen-bond donors (Lipinski definition) is 1. The molecule has 1 N–H and O–H groups in total. The highest BCUT2D eigenvalue weighted by Crippen LogP contribution is 2.24. The summed E-state index contributed by atoms with van der Waals surface area (Å²) in [5, 5.41) is 3.20. The van der Waals surface area contributed by atoms with Gasteiger partial charge in [0, 0.05) is 37.7 Å². The molecule has 0 aliphatic carbocycles. The zero-order valence-electron chi connectivity index (χ0n) is 12.8. The van der Waals surface area contributed by atoms with E-state index >= 15 is 0 Å². The maximum atomic E-state index is 12.5. The number of halogens is 1. The second-order valence-corrected chi connectivity index (χ2v) is 6.05. The van der Waals surface area contributed by atoms with E-state index < -0.39 is 0 Å². The minimum atomic E-state index is -0.229. The standard InChI is InChI=1S/C15H20BrN3O3/c1-18(10-14(20)19-7-5-17-6-8-19)15(21)12-4-3-11(16)9-13(12)22-2/h3-4,9,17H,5-8,10H2,1-2H3. The van der Waals surface area contributed by atoms with Crippen molar-refractivity contribution in [3.63, 3.8) is 0 Å². The molecule has 2 amide bonds. The van der Waals surface area contributed by atoms with Gasteiger partial charge in [-0.2, -0.15) is 0 Å². The first kappa shape index (κ1) is 16.8. The van der Waals surface area contributed by atoms with Gasteiger partial charge in [-0.3, -0.25) is 9.59 Å². The smallest absolute Gasteiger partial charge is 0.257 e. The summed E-state index contributed by atoms with van der Waals surface area (Å²) in [7, 11) is 3.15. The van der Waals surface area contributed by atoms with E-state index in [1.165, 1.54) is 12.0 Å². The van der Waals surface area contributed by atoms with E-state index in [2.05, 4.69) is 21.2 Å². The zero-order valence-corrected chi connectivity index (χ0v) is 14.4. The molecule has 0 radical (unpaired) electrons. The first-order valence-corrected chi connectivity index (χ1v) is 7.89. The van der Waals surface area contributed by atoms with Crippen LogP contribution < -0.4 is 10.1 Å². The Bertz CT molecular complexity index is 559. The zero-order chi connectivity index (χ0) is 16.1. The fourth-order valence-corrected chi connectivity index (χ4v) is 2.68. The molecule has 0 atom stereocenters. The Labute approximate surface area is 138 Å². The lowest BCUT2D eigenvalue weighted by Crippen LogP contribution is -2.49. The fourth-order valence-electron chi connectivity index (χ4n) is 2.34. The molecule has 6 nitrogen and oxygen atoms in total. The molecule has 0 saturated carbocycles. The predicted octanol–water partition coefficient (Wildman–Crippen LogP) is 0.961. The Balaban J connectivity index is 2.04. The number of likely N-dealkylation sites (N-methyl/N-ethyl adjacent to an activating group) is 1. The average Bonchev–Trinajstić information content (AvgIpc) is 2.54. The topological polar surface area (TPSA) is 61.9 Å². The molecule has 1 heterocycles. The Kier molecular flexibility index (Phi) is 5.79. The Hall–Kier alpha value is -1.60. The van der Waals surface area contributed by atoms with Crippen molar-refractivity contribution in [3.05, 3.63) is 28.2 Å². The van der Waals surface area contributed by atoms with Crippen LogP contribution in [0, 0.1) is 0 Å². The van der Waals surface area contributed by atoms with Crippen molar-refractivity contribution >= 4 is 27.7 Å². The van der Waals surface area contributed by atoms with Crippen LogP contribution in [-0.4, -0.2) is 68.5 Å². The van der Waals surface area contributed by atoms with Gasteiger partial charge in [0.05, 0.1) is 19.2 Å². The van der Waals surface area contributed by atoms with Gasteiger partial charge in [0.2, 0.25) is 5.91 Å². The van der Waals surface area contributed by atoms with Crippen LogP contribution in [0.2, 0.25) is 0 Å². The van der Waals surface area contributed by atoms with Crippen LogP contribution in [0.25, 0.3) is 0 Å². The van der Waals surface area contributed by atoms with E-state index in [-0.39, 0.29) is 18.4 Å². The van der Waals surface area contributed by atoms with Gasteiger partial charge in [-0.15, -0.1) is 0 Å². The summed E-state index contributed by atoms with van der Waals surface area (Å²) >= 11 is 3.34. The van der Waals surface area contributed by atoms with Crippen molar-refractivity contribution in [1.82, 2.24) is 15.1 Å². The molecular weight excluding hydrogens is 350 g/mol. The summed E-state index contributed by atoms with van der Waals surface area (Å²) < 4.78 is 6.07. The molecule has 22 heavy (non-hydrogen) atoms. The molecule has 0 aromatic heterocycles. The lowest BCUT2D eigenvalue weighted by molar-refractivity contribution is -0.132. The quantitative estimate of drug-likeness (QED) is 0.858. The molecule has 2 rings (SSSR count). The van der Waals surface area contributed by atoms with E-state index in [1.807, 2.05) is 0 Å². The highest BCUT2D eigenvalue weighted by Gasteiger charge is 2.22. The molecule has 1 aliphatic heterocycles. The number of methoxy groups -OCH3 is 1. The van der Waals surface area contributed by atoms with Crippen molar-refractivity contribution in [2.45, 2.75) is 0 Å². The van der Waals surface area contributed by atoms with Crippen LogP contribution >= 0.6 is 15.9 Å². The number of carbonyl (C=O) groups is 2. The van der Waals surface area contributed by atoms with E-state index in [9.17, 15) is 9.59 Å². The van der Waals surface area contributed by atoms with Crippen LogP contribution in [0.3, 0.4) is 0 Å². The van der Waals surface area contributed by atoms with Gasteiger partial charge < -0.3 is 19.9 Å². The van der Waals surface area contributed by atoms with E-state index in [1.54, 1.807) is 30.1 Å². The summed E-state index contributed by atoms with van der Waals surface area (Å²) in [6, 6.07) is 5.21. The molecule has 0 bridgehead atoms. The number of hydrogen-bond acceptors (Lipinski definition) is 4. The van der Waals surface area contributed by atoms with Gasteiger partial charge >= 0.3 is 0 Å². The van der Waals surface area contributed by atoms with E-state index in [0.717, 1.165) is 17.6 Å². The first-order valence-electron chi connectivity index (χ1n) is 7.10. The number of amides is 2. The second kappa shape index (κ2) is 7.60. The Morgan fingerprint density at radius 2 is 2.05 bits per heavy atom. The van der Waals surface area contributed by atoms with Crippen molar-refractivity contribution in [2.24, 2.45) is 0 Å². The summed E-state index contributed by atoms with van der Waals surface area (Å²) in [6.07, 6.45) is 0. The normalized spacial score (nSPS) is 14.6. The molecular formula is C15H20BrN3O3. The van der Waals surface area contributed by atoms with Crippen molar-refractivity contribution in [2.75, 3.05) is 46.9 Å². The molecule has 0 spiro atoms.